The quantitative estimate of drug-likeness (QED) is 0.232. The first kappa shape index (κ1) is 29.6. The minimum Gasteiger partial charge on any atom is -0.497 e. The van der Waals surface area contributed by atoms with Crippen molar-refractivity contribution in [1.29, 1.82) is 0 Å². The number of ether oxygens (including phenoxy) is 2. The van der Waals surface area contributed by atoms with Gasteiger partial charge in [-0.2, -0.15) is 0 Å². The van der Waals surface area contributed by atoms with Crippen molar-refractivity contribution in [3.63, 3.8) is 0 Å². The number of nitrogens with one attached hydrogen (secondary N) is 2. The van der Waals surface area contributed by atoms with Gasteiger partial charge in [0.15, 0.2) is 0 Å². The van der Waals surface area contributed by atoms with Crippen molar-refractivity contribution in [3.8, 4) is 11.6 Å². The number of hydrogen-bond acceptors (Lipinski definition) is 5. The van der Waals surface area contributed by atoms with E-state index in [0.29, 0.717) is 41.6 Å². The van der Waals surface area contributed by atoms with E-state index in [4.69, 9.17) is 9.47 Å². The highest BCUT2D eigenvalue weighted by atomic mass is 28.3. The van der Waals surface area contributed by atoms with Crippen LogP contribution in [0.2, 0.25) is 19.6 Å². The van der Waals surface area contributed by atoms with Crippen LogP contribution in [0.25, 0.3) is 0 Å². The van der Waals surface area contributed by atoms with E-state index in [1.54, 1.807) is 36.1 Å². The van der Waals surface area contributed by atoms with E-state index >= 15 is 0 Å². The van der Waals surface area contributed by atoms with Crippen molar-refractivity contribution in [2.45, 2.75) is 52.2 Å². The van der Waals surface area contributed by atoms with Crippen LogP contribution in [-0.4, -0.2) is 36.8 Å². The first-order chi connectivity index (χ1) is 19.7. The van der Waals surface area contributed by atoms with Gasteiger partial charge in [0.25, 0.3) is 5.91 Å². The van der Waals surface area contributed by atoms with Crippen molar-refractivity contribution in [2.75, 3.05) is 12.4 Å². The molecule has 0 radical (unpaired) electrons. The molecule has 0 saturated carbocycles. The summed E-state index contributed by atoms with van der Waals surface area (Å²) in [6.07, 6.45) is 1.82. The molecule has 0 aliphatic carbocycles. The van der Waals surface area contributed by atoms with Crippen molar-refractivity contribution in [3.05, 3.63) is 102 Å². The third kappa shape index (κ3) is 8.08. The number of aryl methyl sites for hydroxylation is 1. The predicted molar refractivity (Wildman–Crippen MR) is 164 cm³/mol. The normalized spacial score (nSPS) is 11.9. The lowest BCUT2D eigenvalue weighted by Crippen LogP contribution is -2.38. The van der Waals surface area contributed by atoms with Crippen molar-refractivity contribution in [2.24, 2.45) is 0 Å². The van der Waals surface area contributed by atoms with E-state index in [9.17, 15) is 9.59 Å². The Bertz CT molecular complexity index is 1450. The van der Waals surface area contributed by atoms with Gasteiger partial charge in [0.2, 0.25) is 11.8 Å². The zero-order valence-corrected chi connectivity index (χ0v) is 25.3. The standard InChI is InChI=1S/C32H38N4O4Si/c1-6-36-21-25(32(35-36)40-22-23-10-8-7-9-11-23)20-29(37)34-30(24-12-16-27(39-2)17-13-24)31(38)33-26-14-18-28(19-15-26)41(3,4)5/h7-19,21,30H,6,20,22H2,1-5H3,(H,33,38)(H,34,37). The van der Waals surface area contributed by atoms with Crippen LogP contribution < -0.4 is 25.3 Å². The number of nitrogens with zero attached hydrogens (tertiary/aromatic N) is 2. The summed E-state index contributed by atoms with van der Waals surface area (Å²) in [4.78, 5) is 26.9. The Morgan fingerprint density at radius 3 is 2.24 bits per heavy atom. The predicted octanol–water partition coefficient (Wildman–Crippen LogP) is 5.07. The SMILES string of the molecule is CCn1cc(CC(=O)NC(C(=O)Nc2ccc([Si](C)(C)C)cc2)c2ccc(OC)cc2)c(OCc2ccccc2)n1. The molecule has 0 bridgehead atoms. The number of aromatic nitrogens is 2. The van der Waals surface area contributed by atoms with Gasteiger partial charge >= 0.3 is 0 Å². The lowest BCUT2D eigenvalue weighted by atomic mass is 10.0. The van der Waals surface area contributed by atoms with Crippen LogP contribution in [-0.2, 0) is 29.2 Å². The molecule has 1 heterocycles. The molecule has 2 N–H and O–H groups in total. The Labute approximate surface area is 242 Å². The second-order valence-electron chi connectivity index (χ2n) is 10.9. The molecule has 1 unspecified atom stereocenters. The molecule has 1 aromatic heterocycles. The fraction of sp³-hybridized carbons (Fsp3) is 0.281. The summed E-state index contributed by atoms with van der Waals surface area (Å²) in [7, 11) is 0.114. The molecule has 0 saturated heterocycles. The zero-order chi connectivity index (χ0) is 29.4. The fourth-order valence-corrected chi connectivity index (χ4v) is 5.49. The maximum absolute atomic E-state index is 13.5. The molecule has 0 aliphatic rings. The van der Waals surface area contributed by atoms with Gasteiger partial charge in [0.1, 0.15) is 18.4 Å². The van der Waals surface area contributed by atoms with Gasteiger partial charge in [0, 0.05) is 24.0 Å². The largest absolute Gasteiger partial charge is 0.497 e. The molecular weight excluding hydrogens is 532 g/mol. The molecule has 0 fully saturated rings. The summed E-state index contributed by atoms with van der Waals surface area (Å²) < 4.78 is 13.0. The highest BCUT2D eigenvalue weighted by molar-refractivity contribution is 6.88. The second-order valence-corrected chi connectivity index (χ2v) is 15.9. The Hall–Kier alpha value is -4.37. The number of methoxy groups -OCH3 is 1. The molecule has 0 spiro atoms. The molecule has 1 atom stereocenters. The fourth-order valence-electron chi connectivity index (χ4n) is 4.33. The summed E-state index contributed by atoms with van der Waals surface area (Å²) in [5, 5.41) is 11.7. The molecule has 9 heteroatoms. The lowest BCUT2D eigenvalue weighted by Gasteiger charge is -2.20. The van der Waals surface area contributed by atoms with E-state index in [-0.39, 0.29) is 18.2 Å². The Morgan fingerprint density at radius 1 is 0.951 bits per heavy atom. The highest BCUT2D eigenvalue weighted by Gasteiger charge is 2.25. The third-order valence-corrected chi connectivity index (χ3v) is 8.79. The lowest BCUT2D eigenvalue weighted by molar-refractivity contribution is -0.126. The van der Waals surface area contributed by atoms with Gasteiger partial charge in [-0.3, -0.25) is 14.3 Å². The number of anilines is 1. The molecular formula is C32H38N4O4Si. The second kappa shape index (κ2) is 13.3. The van der Waals surface area contributed by atoms with E-state index in [1.165, 1.54) is 5.19 Å². The van der Waals surface area contributed by atoms with Gasteiger partial charge in [-0.25, -0.2) is 0 Å². The van der Waals surface area contributed by atoms with Gasteiger partial charge in [-0.1, -0.05) is 79.4 Å². The smallest absolute Gasteiger partial charge is 0.251 e. The molecule has 41 heavy (non-hydrogen) atoms. The van der Waals surface area contributed by atoms with Crippen LogP contribution in [0.4, 0.5) is 5.69 Å². The number of hydrogen-bond donors (Lipinski definition) is 2. The van der Waals surface area contributed by atoms with Gasteiger partial charge in [0.05, 0.1) is 21.6 Å². The van der Waals surface area contributed by atoms with E-state index in [2.05, 4.69) is 47.5 Å². The van der Waals surface area contributed by atoms with E-state index in [0.717, 1.165) is 5.56 Å². The molecule has 2 amide bonds. The summed E-state index contributed by atoms with van der Waals surface area (Å²) >= 11 is 0. The van der Waals surface area contributed by atoms with E-state index in [1.807, 2.05) is 55.6 Å². The summed E-state index contributed by atoms with van der Waals surface area (Å²) in [6.45, 7) is 9.77. The monoisotopic (exact) mass is 570 g/mol. The van der Waals surface area contributed by atoms with Gasteiger partial charge in [-0.05, 0) is 42.3 Å². The summed E-state index contributed by atoms with van der Waals surface area (Å²) in [5.41, 5.74) is 2.96. The molecule has 0 aliphatic heterocycles. The maximum atomic E-state index is 13.5. The first-order valence-electron chi connectivity index (χ1n) is 13.7. The topological polar surface area (TPSA) is 94.5 Å². The average molecular weight is 571 g/mol. The number of carbonyl (C=O) groups excluding carboxylic acids is 2. The minimum atomic E-state index is -1.47. The summed E-state index contributed by atoms with van der Waals surface area (Å²) in [6, 6.07) is 23.9. The molecule has 3 aromatic carbocycles. The third-order valence-electron chi connectivity index (χ3n) is 6.73. The molecule has 8 nitrogen and oxygen atoms in total. The number of carbonyl (C=O) groups is 2. The van der Waals surface area contributed by atoms with Crippen molar-refractivity contribution >= 4 is 30.8 Å². The molecule has 4 aromatic rings. The van der Waals surface area contributed by atoms with Crippen LogP contribution >= 0.6 is 0 Å². The van der Waals surface area contributed by atoms with Crippen LogP contribution in [0.15, 0.2) is 85.1 Å². The Morgan fingerprint density at radius 2 is 1.63 bits per heavy atom. The highest BCUT2D eigenvalue weighted by Crippen LogP contribution is 2.22. The Balaban J connectivity index is 1.51. The molecule has 4 rings (SSSR count). The maximum Gasteiger partial charge on any atom is 0.251 e. The van der Waals surface area contributed by atoms with Gasteiger partial charge in [-0.15, -0.1) is 5.10 Å². The van der Waals surface area contributed by atoms with Crippen LogP contribution in [0.1, 0.15) is 29.7 Å². The van der Waals surface area contributed by atoms with E-state index < -0.39 is 14.1 Å². The first-order valence-corrected chi connectivity index (χ1v) is 17.2. The summed E-state index contributed by atoms with van der Waals surface area (Å²) in [5.74, 6) is 0.400. The minimum absolute atomic E-state index is 0.00889. The van der Waals surface area contributed by atoms with Crippen molar-refractivity contribution < 1.29 is 19.1 Å². The van der Waals surface area contributed by atoms with Gasteiger partial charge < -0.3 is 20.1 Å². The number of amides is 2. The van der Waals surface area contributed by atoms with Crippen LogP contribution in [0.5, 0.6) is 11.6 Å². The number of benzene rings is 3. The van der Waals surface area contributed by atoms with Crippen LogP contribution in [0, 0.1) is 0 Å². The zero-order valence-electron chi connectivity index (χ0n) is 24.3. The number of rotatable bonds is 12. The average Bonchev–Trinajstić information content (AvgIpc) is 3.36. The Kier molecular flexibility index (Phi) is 9.62. The van der Waals surface area contributed by atoms with Crippen molar-refractivity contribution in [1.82, 2.24) is 15.1 Å². The molecule has 214 valence electrons. The van der Waals surface area contributed by atoms with Crippen LogP contribution in [0.3, 0.4) is 0 Å².